The van der Waals surface area contributed by atoms with E-state index in [2.05, 4.69) is 32.8 Å². The smallest absolute Gasteiger partial charge is 0.242 e. The van der Waals surface area contributed by atoms with Gasteiger partial charge in [0.2, 0.25) is 5.88 Å². The maximum atomic E-state index is 5.88. The molecule has 1 aromatic heterocycles. The van der Waals surface area contributed by atoms with Gasteiger partial charge in [-0.25, -0.2) is 0 Å². The summed E-state index contributed by atoms with van der Waals surface area (Å²) >= 11 is 8.12. The molecule has 2 aromatic rings. The number of halogens is 2. The number of nitrogens with zero attached hydrogens (tertiary/aromatic N) is 2. The van der Waals surface area contributed by atoms with E-state index in [9.17, 15) is 0 Å². The van der Waals surface area contributed by atoms with Crippen molar-refractivity contribution in [1.29, 1.82) is 0 Å². The number of ether oxygens (including phenoxy) is 1. The van der Waals surface area contributed by atoms with Gasteiger partial charge in [0.1, 0.15) is 5.75 Å². The highest BCUT2D eigenvalue weighted by Crippen LogP contribution is 2.27. The van der Waals surface area contributed by atoms with Crippen LogP contribution in [0.1, 0.15) is 11.1 Å². The minimum Gasteiger partial charge on any atom is -0.437 e. The predicted octanol–water partition coefficient (Wildman–Crippen LogP) is 4.14. The Labute approximate surface area is 118 Å². The molecule has 1 heterocycles. The first kappa shape index (κ1) is 12.6. The lowest BCUT2D eigenvalue weighted by Gasteiger charge is -2.09. The first-order chi connectivity index (χ1) is 8.08. The van der Waals surface area contributed by atoms with E-state index >= 15 is 0 Å². The summed E-state index contributed by atoms with van der Waals surface area (Å²) < 4.78 is 6.82. The zero-order valence-corrected chi connectivity index (χ0v) is 12.3. The Balaban J connectivity index is 2.30. The van der Waals surface area contributed by atoms with Gasteiger partial charge in [0.15, 0.2) is 5.15 Å². The summed E-state index contributed by atoms with van der Waals surface area (Å²) in [5.41, 5.74) is 1.80. The van der Waals surface area contributed by atoms with Crippen molar-refractivity contribution in [2.75, 3.05) is 0 Å². The van der Waals surface area contributed by atoms with Crippen molar-refractivity contribution in [3.8, 4) is 11.6 Å². The van der Waals surface area contributed by atoms with Crippen LogP contribution in [0.5, 0.6) is 11.6 Å². The van der Waals surface area contributed by atoms with Crippen LogP contribution in [0, 0.1) is 17.4 Å². The first-order valence-electron chi connectivity index (χ1n) is 5.00. The molecule has 0 amide bonds. The third-order valence-corrected chi connectivity index (χ3v) is 3.53. The molecule has 0 unspecified atom stereocenters. The van der Waals surface area contributed by atoms with E-state index in [1.54, 1.807) is 0 Å². The molecule has 88 valence electrons. The van der Waals surface area contributed by atoms with E-state index in [4.69, 9.17) is 16.3 Å². The molecule has 17 heavy (non-hydrogen) atoms. The van der Waals surface area contributed by atoms with Crippen molar-refractivity contribution in [2.24, 2.45) is 0 Å². The van der Waals surface area contributed by atoms with Crippen molar-refractivity contribution in [3.63, 3.8) is 0 Å². The van der Waals surface area contributed by atoms with Crippen molar-refractivity contribution < 1.29 is 4.74 Å². The molecular weight excluding hydrogens is 351 g/mol. The molecule has 0 saturated carbocycles. The van der Waals surface area contributed by atoms with E-state index in [0.717, 1.165) is 20.4 Å². The SMILES string of the molecule is Cc1c(Cl)nnc(Oc2ccc(I)cc2)c1C. The number of hydrogen-bond acceptors (Lipinski definition) is 3. The third kappa shape index (κ3) is 2.87. The molecule has 1 aromatic carbocycles. The lowest BCUT2D eigenvalue weighted by atomic mass is 10.2. The van der Waals surface area contributed by atoms with Crippen LogP contribution in [0.2, 0.25) is 5.15 Å². The second-order valence-electron chi connectivity index (χ2n) is 3.60. The summed E-state index contributed by atoms with van der Waals surface area (Å²) in [6, 6.07) is 7.74. The van der Waals surface area contributed by atoms with Gasteiger partial charge in [0.05, 0.1) is 0 Å². The maximum Gasteiger partial charge on any atom is 0.242 e. The second kappa shape index (κ2) is 5.18. The standard InChI is InChI=1S/C12H10ClIN2O/c1-7-8(2)12(16-15-11(7)13)17-10-5-3-9(14)4-6-10/h3-6H,1-2H3. The summed E-state index contributed by atoms with van der Waals surface area (Å²) in [6.45, 7) is 3.81. The Hall–Kier alpha value is -0.880. The molecule has 0 N–H and O–H groups in total. The minimum absolute atomic E-state index is 0.414. The first-order valence-corrected chi connectivity index (χ1v) is 6.46. The molecule has 0 fully saturated rings. The average molecular weight is 361 g/mol. The van der Waals surface area contributed by atoms with Gasteiger partial charge in [-0.15, -0.1) is 10.2 Å². The van der Waals surface area contributed by atoms with Gasteiger partial charge < -0.3 is 4.74 Å². The van der Waals surface area contributed by atoms with E-state index < -0.39 is 0 Å². The highest BCUT2D eigenvalue weighted by atomic mass is 127. The minimum atomic E-state index is 0.414. The number of rotatable bonds is 2. The molecule has 0 spiro atoms. The van der Waals surface area contributed by atoms with Gasteiger partial charge in [0, 0.05) is 9.13 Å². The lowest BCUT2D eigenvalue weighted by Crippen LogP contribution is -1.97. The fourth-order valence-electron chi connectivity index (χ4n) is 1.27. The molecule has 2 rings (SSSR count). The lowest BCUT2D eigenvalue weighted by molar-refractivity contribution is 0.450. The molecular formula is C12H10ClIN2O. The monoisotopic (exact) mass is 360 g/mol. The average Bonchev–Trinajstić information content (AvgIpc) is 2.33. The fraction of sp³-hybridized carbons (Fsp3) is 0.167. The van der Waals surface area contributed by atoms with E-state index in [0.29, 0.717) is 11.0 Å². The zero-order chi connectivity index (χ0) is 12.4. The molecule has 3 nitrogen and oxygen atoms in total. The Kier molecular flexibility index (Phi) is 3.83. The second-order valence-corrected chi connectivity index (χ2v) is 5.21. The zero-order valence-electron chi connectivity index (χ0n) is 9.37. The Bertz CT molecular complexity index is 543. The quantitative estimate of drug-likeness (QED) is 0.755. The summed E-state index contributed by atoms with van der Waals surface area (Å²) in [5.74, 6) is 1.23. The van der Waals surface area contributed by atoms with Gasteiger partial charge in [-0.3, -0.25) is 0 Å². The van der Waals surface area contributed by atoms with Gasteiger partial charge in [-0.2, -0.15) is 0 Å². The normalized spacial score (nSPS) is 10.4. The van der Waals surface area contributed by atoms with Crippen LogP contribution in [0.4, 0.5) is 0 Å². The van der Waals surface area contributed by atoms with Crippen LogP contribution in [-0.4, -0.2) is 10.2 Å². The summed E-state index contributed by atoms with van der Waals surface area (Å²) in [6.07, 6.45) is 0. The largest absolute Gasteiger partial charge is 0.437 e. The number of benzene rings is 1. The summed E-state index contributed by atoms with van der Waals surface area (Å²) in [5, 5.41) is 8.21. The Morgan fingerprint density at radius 1 is 1.06 bits per heavy atom. The van der Waals surface area contributed by atoms with Crippen molar-refractivity contribution in [3.05, 3.63) is 44.1 Å². The van der Waals surface area contributed by atoms with E-state index in [1.165, 1.54) is 0 Å². The molecule has 0 bridgehead atoms. The summed E-state index contributed by atoms with van der Waals surface area (Å²) in [7, 11) is 0. The molecule has 0 aliphatic rings. The van der Waals surface area contributed by atoms with Gasteiger partial charge in [-0.05, 0) is 66.3 Å². The van der Waals surface area contributed by atoms with E-state index in [-0.39, 0.29) is 0 Å². The summed E-state index contributed by atoms with van der Waals surface area (Å²) in [4.78, 5) is 0. The van der Waals surface area contributed by atoms with Crippen LogP contribution in [0.15, 0.2) is 24.3 Å². The highest BCUT2D eigenvalue weighted by Gasteiger charge is 2.09. The van der Waals surface area contributed by atoms with Crippen molar-refractivity contribution >= 4 is 34.2 Å². The topological polar surface area (TPSA) is 35.0 Å². The predicted molar refractivity (Wildman–Crippen MR) is 75.7 cm³/mol. The Morgan fingerprint density at radius 2 is 1.71 bits per heavy atom. The van der Waals surface area contributed by atoms with Crippen molar-refractivity contribution in [1.82, 2.24) is 10.2 Å². The number of hydrogen-bond donors (Lipinski definition) is 0. The molecule has 0 aliphatic heterocycles. The van der Waals surface area contributed by atoms with Crippen LogP contribution in [-0.2, 0) is 0 Å². The van der Waals surface area contributed by atoms with Gasteiger partial charge >= 0.3 is 0 Å². The van der Waals surface area contributed by atoms with Crippen LogP contribution in [0.25, 0.3) is 0 Å². The maximum absolute atomic E-state index is 5.88. The fourth-order valence-corrected chi connectivity index (χ4v) is 1.80. The highest BCUT2D eigenvalue weighted by molar-refractivity contribution is 14.1. The number of aromatic nitrogens is 2. The van der Waals surface area contributed by atoms with Crippen LogP contribution < -0.4 is 4.74 Å². The molecule has 0 atom stereocenters. The Morgan fingerprint density at radius 3 is 2.35 bits per heavy atom. The van der Waals surface area contributed by atoms with Crippen molar-refractivity contribution in [2.45, 2.75) is 13.8 Å². The van der Waals surface area contributed by atoms with Crippen LogP contribution >= 0.6 is 34.2 Å². The van der Waals surface area contributed by atoms with Crippen LogP contribution in [0.3, 0.4) is 0 Å². The molecule has 0 radical (unpaired) electrons. The molecule has 0 aliphatic carbocycles. The van der Waals surface area contributed by atoms with Gasteiger partial charge in [0.25, 0.3) is 0 Å². The molecule has 5 heteroatoms. The van der Waals surface area contributed by atoms with Gasteiger partial charge in [-0.1, -0.05) is 11.6 Å². The van der Waals surface area contributed by atoms with E-state index in [1.807, 2.05) is 38.1 Å². The molecule has 0 saturated heterocycles. The third-order valence-electron chi connectivity index (χ3n) is 2.45.